The van der Waals surface area contributed by atoms with Crippen molar-refractivity contribution >= 4 is 11.9 Å². The molecule has 1 fully saturated rings. The van der Waals surface area contributed by atoms with Crippen molar-refractivity contribution in [3.05, 3.63) is 0 Å². The summed E-state index contributed by atoms with van der Waals surface area (Å²) in [6, 6.07) is -1.03. The van der Waals surface area contributed by atoms with E-state index in [4.69, 9.17) is 10.8 Å². The molecule has 1 heterocycles. The van der Waals surface area contributed by atoms with Crippen LogP contribution in [0.1, 0.15) is 6.42 Å². The smallest absolute Gasteiger partial charge is 0.322 e. The molecule has 17 heavy (non-hydrogen) atoms. The van der Waals surface area contributed by atoms with Crippen LogP contribution in [0.3, 0.4) is 0 Å². The van der Waals surface area contributed by atoms with Gasteiger partial charge in [0.05, 0.1) is 0 Å². The van der Waals surface area contributed by atoms with Gasteiger partial charge in [0, 0.05) is 45.7 Å². The zero-order valence-electron chi connectivity index (χ0n) is 9.82. The van der Waals surface area contributed by atoms with Gasteiger partial charge in [-0.05, 0) is 0 Å². The lowest BCUT2D eigenvalue weighted by Crippen LogP contribution is -2.46. The second-order valence-corrected chi connectivity index (χ2v) is 4.09. The van der Waals surface area contributed by atoms with Crippen molar-refractivity contribution in [3.63, 3.8) is 0 Å². The average molecular weight is 244 g/mol. The van der Waals surface area contributed by atoms with Crippen molar-refractivity contribution in [2.24, 2.45) is 5.73 Å². The van der Waals surface area contributed by atoms with Crippen LogP contribution in [-0.4, -0.2) is 67.2 Å². The summed E-state index contributed by atoms with van der Waals surface area (Å²) in [5.74, 6) is -1.26. The molecule has 1 unspecified atom stereocenters. The van der Waals surface area contributed by atoms with Gasteiger partial charge in [0.15, 0.2) is 0 Å². The Morgan fingerprint density at radius 1 is 1.41 bits per heavy atom. The molecule has 0 aromatic rings. The summed E-state index contributed by atoms with van der Waals surface area (Å²) in [5.41, 5.74) is 5.27. The maximum atomic E-state index is 11.4. The van der Waals surface area contributed by atoms with E-state index in [9.17, 15) is 9.59 Å². The van der Waals surface area contributed by atoms with Crippen molar-refractivity contribution in [1.82, 2.24) is 15.5 Å². The van der Waals surface area contributed by atoms with Crippen molar-refractivity contribution in [1.29, 1.82) is 0 Å². The Hall–Kier alpha value is -1.18. The molecule has 7 heteroatoms. The third kappa shape index (κ3) is 5.62. The van der Waals surface area contributed by atoms with Crippen LogP contribution in [0.4, 0.5) is 0 Å². The molecule has 1 aliphatic rings. The van der Waals surface area contributed by atoms with Gasteiger partial charge in [0.2, 0.25) is 5.91 Å². The lowest BCUT2D eigenvalue weighted by Gasteiger charge is -2.26. The van der Waals surface area contributed by atoms with Crippen LogP contribution in [0.15, 0.2) is 0 Å². The number of hydrogen-bond donors (Lipinski definition) is 4. The lowest BCUT2D eigenvalue weighted by atomic mass is 10.3. The maximum absolute atomic E-state index is 11.4. The summed E-state index contributed by atoms with van der Waals surface area (Å²) in [5, 5.41) is 14.3. The molecule has 0 spiro atoms. The highest BCUT2D eigenvalue weighted by Gasteiger charge is 2.14. The van der Waals surface area contributed by atoms with Crippen LogP contribution in [0, 0.1) is 0 Å². The van der Waals surface area contributed by atoms with Gasteiger partial charge in [-0.2, -0.15) is 0 Å². The first kappa shape index (κ1) is 13.9. The van der Waals surface area contributed by atoms with E-state index in [2.05, 4.69) is 15.5 Å². The average Bonchev–Trinajstić information content (AvgIpc) is 2.34. The van der Waals surface area contributed by atoms with Crippen LogP contribution >= 0.6 is 0 Å². The number of piperazine rings is 1. The zero-order valence-corrected chi connectivity index (χ0v) is 9.82. The Bertz CT molecular complexity index is 266. The van der Waals surface area contributed by atoms with Crippen molar-refractivity contribution in [3.8, 4) is 0 Å². The Morgan fingerprint density at radius 2 is 2.06 bits per heavy atom. The van der Waals surface area contributed by atoms with E-state index in [1.807, 2.05) is 0 Å². The van der Waals surface area contributed by atoms with E-state index >= 15 is 0 Å². The number of aliphatic carboxylic acids is 1. The van der Waals surface area contributed by atoms with Gasteiger partial charge in [-0.3, -0.25) is 9.59 Å². The van der Waals surface area contributed by atoms with Crippen molar-refractivity contribution in [2.75, 3.05) is 39.3 Å². The van der Waals surface area contributed by atoms with E-state index in [1.165, 1.54) is 0 Å². The van der Waals surface area contributed by atoms with Crippen LogP contribution in [-0.2, 0) is 9.59 Å². The predicted octanol–water partition coefficient (Wildman–Crippen LogP) is -2.19. The Balaban J connectivity index is 2.10. The van der Waals surface area contributed by atoms with Crippen molar-refractivity contribution < 1.29 is 14.7 Å². The van der Waals surface area contributed by atoms with Crippen LogP contribution in [0.25, 0.3) is 0 Å². The number of carboxylic acids is 1. The van der Waals surface area contributed by atoms with E-state index in [-0.39, 0.29) is 12.5 Å². The Labute approximate surface area is 100 Å². The molecule has 98 valence electrons. The van der Waals surface area contributed by atoms with Gasteiger partial charge < -0.3 is 26.4 Å². The first-order valence-corrected chi connectivity index (χ1v) is 5.78. The summed E-state index contributed by atoms with van der Waals surface area (Å²) in [6.07, 6.45) is 0.381. The third-order valence-electron chi connectivity index (χ3n) is 2.70. The molecule has 0 aromatic carbocycles. The Kier molecular flexibility index (Phi) is 5.88. The molecule has 7 nitrogen and oxygen atoms in total. The summed E-state index contributed by atoms with van der Waals surface area (Å²) in [6.45, 7) is 4.48. The number of carboxylic acid groups (broad SMARTS) is 1. The SMILES string of the molecule is NC(CNC(=O)CCN1CCNCC1)C(=O)O. The number of carbonyl (C=O) groups is 2. The summed E-state index contributed by atoms with van der Waals surface area (Å²) in [4.78, 5) is 24.0. The van der Waals surface area contributed by atoms with Gasteiger partial charge in [-0.15, -0.1) is 0 Å². The minimum atomic E-state index is -1.10. The molecule has 0 aromatic heterocycles. The highest BCUT2D eigenvalue weighted by Crippen LogP contribution is 1.94. The third-order valence-corrected chi connectivity index (χ3v) is 2.70. The van der Waals surface area contributed by atoms with Crippen molar-refractivity contribution in [2.45, 2.75) is 12.5 Å². The fraction of sp³-hybridized carbons (Fsp3) is 0.800. The van der Waals surface area contributed by atoms with Gasteiger partial charge in [0.1, 0.15) is 6.04 Å². The largest absolute Gasteiger partial charge is 0.480 e. The molecule has 1 amide bonds. The quantitative estimate of drug-likeness (QED) is 0.423. The summed E-state index contributed by atoms with van der Waals surface area (Å²) in [7, 11) is 0. The number of hydrogen-bond acceptors (Lipinski definition) is 5. The van der Waals surface area contributed by atoms with Gasteiger partial charge in [0.25, 0.3) is 0 Å². The number of rotatable bonds is 6. The maximum Gasteiger partial charge on any atom is 0.322 e. The molecular weight excluding hydrogens is 224 g/mol. The lowest BCUT2D eigenvalue weighted by molar-refractivity contribution is -0.138. The number of nitrogens with one attached hydrogen (secondary N) is 2. The highest BCUT2D eigenvalue weighted by atomic mass is 16.4. The Morgan fingerprint density at radius 3 is 2.65 bits per heavy atom. The minimum absolute atomic E-state index is 0.0181. The molecular formula is C10H20N4O3. The van der Waals surface area contributed by atoms with Crippen LogP contribution in [0.2, 0.25) is 0 Å². The summed E-state index contributed by atoms with van der Waals surface area (Å²) >= 11 is 0. The number of carbonyl (C=O) groups excluding carboxylic acids is 1. The fourth-order valence-electron chi connectivity index (χ4n) is 1.59. The van der Waals surface area contributed by atoms with Gasteiger partial charge in [-0.25, -0.2) is 0 Å². The van der Waals surface area contributed by atoms with Crippen LogP contribution in [0.5, 0.6) is 0 Å². The summed E-state index contributed by atoms with van der Waals surface area (Å²) < 4.78 is 0. The second-order valence-electron chi connectivity index (χ2n) is 4.09. The monoisotopic (exact) mass is 244 g/mol. The molecule has 1 atom stereocenters. The number of nitrogens with zero attached hydrogens (tertiary/aromatic N) is 1. The normalized spacial score (nSPS) is 18.6. The predicted molar refractivity (Wildman–Crippen MR) is 62.5 cm³/mol. The molecule has 0 radical (unpaired) electrons. The number of amides is 1. The fourth-order valence-corrected chi connectivity index (χ4v) is 1.59. The highest BCUT2D eigenvalue weighted by molar-refractivity contribution is 5.78. The molecule has 5 N–H and O–H groups in total. The zero-order chi connectivity index (χ0) is 12.7. The first-order chi connectivity index (χ1) is 8.09. The van der Waals surface area contributed by atoms with Gasteiger partial charge >= 0.3 is 5.97 Å². The molecule has 0 aliphatic carbocycles. The van der Waals surface area contributed by atoms with E-state index < -0.39 is 12.0 Å². The molecule has 0 saturated carbocycles. The topological polar surface area (TPSA) is 108 Å². The molecule has 1 rings (SSSR count). The minimum Gasteiger partial charge on any atom is -0.480 e. The van der Waals surface area contributed by atoms with E-state index in [0.29, 0.717) is 13.0 Å². The molecule has 1 saturated heterocycles. The van der Waals surface area contributed by atoms with Crippen LogP contribution < -0.4 is 16.4 Å². The van der Waals surface area contributed by atoms with E-state index in [0.717, 1.165) is 26.2 Å². The second kappa shape index (κ2) is 7.21. The standard InChI is InChI=1S/C10H20N4O3/c11-8(10(16)17)7-13-9(15)1-4-14-5-2-12-3-6-14/h8,12H,1-7,11H2,(H,13,15)(H,16,17). The number of nitrogens with two attached hydrogens (primary N) is 1. The first-order valence-electron chi connectivity index (χ1n) is 5.78. The van der Waals surface area contributed by atoms with E-state index in [1.54, 1.807) is 0 Å². The molecule has 1 aliphatic heterocycles. The molecule has 0 bridgehead atoms. The van der Waals surface area contributed by atoms with Gasteiger partial charge in [-0.1, -0.05) is 0 Å².